The average Bonchev–Trinajstić information content (AvgIpc) is 2.63. The van der Waals surface area contributed by atoms with Gasteiger partial charge in [-0.25, -0.2) is 0 Å². The first kappa shape index (κ1) is 25.6. The Kier molecular flexibility index (Phi) is 13.3. The van der Waals surface area contributed by atoms with Crippen molar-refractivity contribution in [3.63, 3.8) is 0 Å². The predicted octanol–water partition coefficient (Wildman–Crippen LogP) is 4.72. The summed E-state index contributed by atoms with van der Waals surface area (Å²) in [5.74, 6) is 2.83. The molecule has 0 spiro atoms. The van der Waals surface area contributed by atoms with E-state index in [2.05, 4.69) is 51.5 Å². The van der Waals surface area contributed by atoms with E-state index in [0.29, 0.717) is 18.8 Å². The van der Waals surface area contributed by atoms with Gasteiger partial charge < -0.3 is 14.5 Å². The van der Waals surface area contributed by atoms with Gasteiger partial charge in [-0.3, -0.25) is 4.79 Å². The Balaban J connectivity index is 2.11. The van der Waals surface area contributed by atoms with Gasteiger partial charge in [0, 0.05) is 32.0 Å². The second-order valence-electron chi connectivity index (χ2n) is 9.95. The highest BCUT2D eigenvalue weighted by atomic mass is 16.5. The minimum Gasteiger partial charge on any atom is -0.381 e. The molecule has 166 valence electrons. The Morgan fingerprint density at radius 2 is 1.75 bits per heavy atom. The topological polar surface area (TPSA) is 32.8 Å². The molecule has 1 saturated heterocycles. The van der Waals surface area contributed by atoms with Gasteiger partial charge in [0.05, 0.1) is 6.61 Å². The van der Waals surface area contributed by atoms with Crippen molar-refractivity contribution in [3.8, 4) is 0 Å². The third-order valence-electron chi connectivity index (χ3n) is 5.95. The summed E-state index contributed by atoms with van der Waals surface area (Å²) in [7, 11) is 2.25. The van der Waals surface area contributed by atoms with Crippen molar-refractivity contribution in [1.82, 2.24) is 9.80 Å². The molecule has 0 bridgehead atoms. The van der Waals surface area contributed by atoms with Crippen molar-refractivity contribution in [1.29, 1.82) is 0 Å². The molecular formula is C24H48N2O2. The number of rotatable bonds is 15. The van der Waals surface area contributed by atoms with Gasteiger partial charge in [0.1, 0.15) is 5.78 Å². The van der Waals surface area contributed by atoms with Gasteiger partial charge in [-0.05, 0) is 76.5 Å². The second-order valence-corrected chi connectivity index (χ2v) is 9.95. The van der Waals surface area contributed by atoms with Crippen molar-refractivity contribution < 1.29 is 9.53 Å². The molecule has 4 heteroatoms. The highest BCUT2D eigenvalue weighted by Crippen LogP contribution is 2.22. The van der Waals surface area contributed by atoms with E-state index in [0.717, 1.165) is 50.4 Å². The molecule has 1 aliphatic heterocycles. The Hall–Kier alpha value is -0.450. The number of piperidine rings is 1. The van der Waals surface area contributed by atoms with Crippen LogP contribution >= 0.6 is 0 Å². The molecule has 1 aliphatic rings. The van der Waals surface area contributed by atoms with Gasteiger partial charge in [0.25, 0.3) is 0 Å². The van der Waals surface area contributed by atoms with Crippen LogP contribution in [0.15, 0.2) is 0 Å². The summed E-state index contributed by atoms with van der Waals surface area (Å²) in [6.07, 6.45) is 6.77. The van der Waals surface area contributed by atoms with Crippen molar-refractivity contribution in [3.05, 3.63) is 0 Å². The zero-order valence-corrected chi connectivity index (χ0v) is 19.7. The normalized spacial score (nSPS) is 17.8. The summed E-state index contributed by atoms with van der Waals surface area (Å²) >= 11 is 0. The molecule has 0 saturated carbocycles. The number of carbonyl (C=O) groups is 1. The molecule has 0 aromatic heterocycles. The maximum Gasteiger partial charge on any atom is 0.139 e. The van der Waals surface area contributed by atoms with Gasteiger partial charge in [-0.1, -0.05) is 34.6 Å². The maximum atomic E-state index is 12.4. The lowest BCUT2D eigenvalue weighted by Gasteiger charge is -2.34. The molecule has 0 N–H and O–H groups in total. The van der Waals surface area contributed by atoms with Crippen LogP contribution in [-0.4, -0.2) is 68.6 Å². The van der Waals surface area contributed by atoms with Crippen LogP contribution in [0.2, 0.25) is 0 Å². The van der Waals surface area contributed by atoms with E-state index < -0.39 is 0 Å². The third kappa shape index (κ3) is 12.2. The predicted molar refractivity (Wildman–Crippen MR) is 120 cm³/mol. The number of ether oxygens (including phenoxy) is 1. The van der Waals surface area contributed by atoms with Crippen molar-refractivity contribution in [2.45, 2.75) is 73.1 Å². The Labute approximate surface area is 175 Å². The molecule has 1 heterocycles. The summed E-state index contributed by atoms with van der Waals surface area (Å²) in [4.78, 5) is 17.4. The molecule has 0 aromatic rings. The molecule has 1 atom stereocenters. The van der Waals surface area contributed by atoms with Gasteiger partial charge in [-0.15, -0.1) is 0 Å². The number of hydrogen-bond acceptors (Lipinski definition) is 4. The molecule has 1 rings (SSSR count). The van der Waals surface area contributed by atoms with Crippen LogP contribution in [0.1, 0.15) is 73.1 Å². The lowest BCUT2D eigenvalue weighted by molar-refractivity contribution is -0.124. The summed E-state index contributed by atoms with van der Waals surface area (Å²) in [6, 6.07) is 0. The molecule has 4 nitrogen and oxygen atoms in total. The lowest BCUT2D eigenvalue weighted by atomic mass is 9.92. The summed E-state index contributed by atoms with van der Waals surface area (Å²) in [5.41, 5.74) is 0. The van der Waals surface area contributed by atoms with Gasteiger partial charge in [-0.2, -0.15) is 0 Å². The first-order chi connectivity index (χ1) is 13.3. The van der Waals surface area contributed by atoms with Crippen LogP contribution in [0, 0.1) is 23.7 Å². The highest BCUT2D eigenvalue weighted by Gasteiger charge is 2.23. The minimum atomic E-state index is 0.132. The van der Waals surface area contributed by atoms with E-state index in [4.69, 9.17) is 4.74 Å². The summed E-state index contributed by atoms with van der Waals surface area (Å²) in [6.45, 7) is 18.2. The van der Waals surface area contributed by atoms with Crippen molar-refractivity contribution in [2.24, 2.45) is 23.7 Å². The van der Waals surface area contributed by atoms with Gasteiger partial charge in [0.2, 0.25) is 0 Å². The highest BCUT2D eigenvalue weighted by molar-refractivity contribution is 5.80. The number of hydrogen-bond donors (Lipinski definition) is 0. The van der Waals surface area contributed by atoms with Crippen LogP contribution in [0.5, 0.6) is 0 Å². The summed E-state index contributed by atoms with van der Waals surface area (Å²) < 4.78 is 5.64. The number of carbonyl (C=O) groups excluding carboxylic acids is 1. The fraction of sp³-hybridized carbons (Fsp3) is 0.958. The quantitative estimate of drug-likeness (QED) is 0.375. The summed E-state index contributed by atoms with van der Waals surface area (Å²) in [5, 5.41) is 0. The monoisotopic (exact) mass is 396 g/mol. The number of likely N-dealkylation sites (tertiary alicyclic amines) is 1. The van der Waals surface area contributed by atoms with Gasteiger partial charge in [0.15, 0.2) is 0 Å². The standard InChI is InChI=1S/C24H48N2O2/c1-20(2)8-7-16-28-17-12-24(27)22(5)19-26-14-10-23(11-15-26)9-13-25(6)18-21(3)4/h20-23H,7-19H2,1-6H3. The number of Topliss-reactive ketones (excluding diaryl/α,β-unsaturated/α-hetero) is 1. The molecule has 1 unspecified atom stereocenters. The van der Waals surface area contributed by atoms with Crippen LogP contribution in [0.3, 0.4) is 0 Å². The SMILES string of the molecule is CC(C)CCCOCCC(=O)C(C)CN1CCC(CCN(C)CC(C)C)CC1. The average molecular weight is 397 g/mol. The number of nitrogens with zero attached hydrogens (tertiary/aromatic N) is 2. The van der Waals surface area contributed by atoms with Gasteiger partial charge >= 0.3 is 0 Å². The smallest absolute Gasteiger partial charge is 0.139 e. The maximum absolute atomic E-state index is 12.4. The molecule has 0 aromatic carbocycles. The van der Waals surface area contributed by atoms with Crippen molar-refractivity contribution in [2.75, 3.05) is 53.0 Å². The molecule has 0 aliphatic carbocycles. The number of ketones is 1. The second kappa shape index (κ2) is 14.5. The van der Waals surface area contributed by atoms with E-state index in [1.807, 2.05) is 0 Å². The Morgan fingerprint density at radius 3 is 2.36 bits per heavy atom. The molecular weight excluding hydrogens is 348 g/mol. The largest absolute Gasteiger partial charge is 0.381 e. The molecule has 0 amide bonds. The zero-order valence-electron chi connectivity index (χ0n) is 19.7. The molecule has 1 fully saturated rings. The van der Waals surface area contributed by atoms with E-state index in [1.165, 1.54) is 38.8 Å². The zero-order chi connectivity index (χ0) is 20.9. The lowest BCUT2D eigenvalue weighted by Crippen LogP contribution is -2.39. The Bertz CT molecular complexity index is 403. The van der Waals surface area contributed by atoms with E-state index in [9.17, 15) is 4.79 Å². The third-order valence-corrected chi connectivity index (χ3v) is 5.95. The fourth-order valence-electron chi connectivity index (χ4n) is 4.18. The fourth-order valence-corrected chi connectivity index (χ4v) is 4.18. The first-order valence-corrected chi connectivity index (χ1v) is 11.8. The minimum absolute atomic E-state index is 0.132. The Morgan fingerprint density at radius 1 is 1.07 bits per heavy atom. The van der Waals surface area contributed by atoms with E-state index in [-0.39, 0.29) is 5.92 Å². The molecule has 0 radical (unpaired) electrons. The van der Waals surface area contributed by atoms with Crippen LogP contribution < -0.4 is 0 Å². The van der Waals surface area contributed by atoms with Crippen LogP contribution in [0.4, 0.5) is 0 Å². The van der Waals surface area contributed by atoms with Crippen LogP contribution in [0.25, 0.3) is 0 Å². The van der Waals surface area contributed by atoms with Crippen LogP contribution in [-0.2, 0) is 9.53 Å². The first-order valence-electron chi connectivity index (χ1n) is 11.8. The van der Waals surface area contributed by atoms with E-state index >= 15 is 0 Å². The van der Waals surface area contributed by atoms with E-state index in [1.54, 1.807) is 0 Å². The van der Waals surface area contributed by atoms with Crippen molar-refractivity contribution >= 4 is 5.78 Å². The molecule has 28 heavy (non-hydrogen) atoms.